The largest absolute Gasteiger partial charge is 0.508 e. The number of hydrazone groups is 1. The zero-order chi connectivity index (χ0) is 11.1. The van der Waals surface area contributed by atoms with Gasteiger partial charge in [0.2, 0.25) is 0 Å². The Labute approximate surface area is 94.0 Å². The highest BCUT2D eigenvalue weighted by Crippen LogP contribution is 2.07. The molecule has 0 aliphatic heterocycles. The van der Waals surface area contributed by atoms with Gasteiger partial charge in [-0.25, -0.2) is 0 Å². The second-order valence-corrected chi connectivity index (χ2v) is 3.23. The quantitative estimate of drug-likeness (QED) is 0.409. The van der Waals surface area contributed by atoms with Crippen LogP contribution < -0.4 is 10.7 Å². The Morgan fingerprint density at radius 3 is 2.73 bits per heavy atom. The Kier molecular flexibility index (Phi) is 4.56. The summed E-state index contributed by atoms with van der Waals surface area (Å²) in [6.07, 6.45) is 1.63. The van der Waals surface area contributed by atoms with E-state index in [0.29, 0.717) is 5.11 Å². The SMILES string of the molecule is CCNC(=S)N/N=C/c1ccc(O)cc1. The summed E-state index contributed by atoms with van der Waals surface area (Å²) in [7, 11) is 0. The second kappa shape index (κ2) is 5.98. The summed E-state index contributed by atoms with van der Waals surface area (Å²) in [5.74, 6) is 0.239. The summed E-state index contributed by atoms with van der Waals surface area (Å²) < 4.78 is 0. The normalized spacial score (nSPS) is 10.2. The van der Waals surface area contributed by atoms with Crippen LogP contribution in [0.1, 0.15) is 12.5 Å². The van der Waals surface area contributed by atoms with Gasteiger partial charge in [0.25, 0.3) is 0 Å². The standard InChI is InChI=1S/C10H13N3OS/c1-2-11-10(15)13-12-7-8-3-5-9(14)6-4-8/h3-7,14H,2H2,1H3,(H2,11,13,15)/b12-7+. The molecule has 0 aliphatic rings. The van der Waals surface area contributed by atoms with E-state index in [0.717, 1.165) is 12.1 Å². The zero-order valence-corrected chi connectivity index (χ0v) is 9.21. The van der Waals surface area contributed by atoms with Gasteiger partial charge in [-0.1, -0.05) is 0 Å². The van der Waals surface area contributed by atoms with Gasteiger partial charge in [0, 0.05) is 6.54 Å². The number of phenolic OH excluding ortho intramolecular Hbond substituents is 1. The molecule has 0 heterocycles. The summed E-state index contributed by atoms with van der Waals surface area (Å²) in [6, 6.07) is 6.72. The summed E-state index contributed by atoms with van der Waals surface area (Å²) in [4.78, 5) is 0. The third kappa shape index (κ3) is 4.42. The van der Waals surface area contributed by atoms with Gasteiger partial charge in [-0.3, -0.25) is 5.43 Å². The third-order valence-electron chi connectivity index (χ3n) is 1.61. The Balaban J connectivity index is 2.44. The van der Waals surface area contributed by atoms with Crippen molar-refractivity contribution in [3.63, 3.8) is 0 Å². The van der Waals surface area contributed by atoms with Gasteiger partial charge >= 0.3 is 0 Å². The van der Waals surface area contributed by atoms with Crippen molar-refractivity contribution in [1.29, 1.82) is 0 Å². The molecule has 0 aromatic heterocycles. The van der Waals surface area contributed by atoms with Crippen LogP contribution in [0.5, 0.6) is 5.75 Å². The highest BCUT2D eigenvalue weighted by Gasteiger charge is 1.90. The molecule has 0 aliphatic carbocycles. The van der Waals surface area contributed by atoms with Crippen molar-refractivity contribution < 1.29 is 5.11 Å². The van der Waals surface area contributed by atoms with E-state index in [1.165, 1.54) is 0 Å². The number of rotatable bonds is 3. The molecule has 0 atom stereocenters. The monoisotopic (exact) mass is 223 g/mol. The first kappa shape index (κ1) is 11.5. The van der Waals surface area contributed by atoms with Gasteiger partial charge in [-0.05, 0) is 49.0 Å². The van der Waals surface area contributed by atoms with E-state index in [1.807, 2.05) is 6.92 Å². The van der Waals surface area contributed by atoms with Crippen LogP contribution >= 0.6 is 12.2 Å². The molecule has 0 radical (unpaired) electrons. The van der Waals surface area contributed by atoms with E-state index in [4.69, 9.17) is 17.3 Å². The molecule has 80 valence electrons. The Morgan fingerprint density at radius 1 is 1.47 bits per heavy atom. The van der Waals surface area contributed by atoms with Crippen LogP contribution in [0.3, 0.4) is 0 Å². The van der Waals surface area contributed by atoms with Crippen molar-refractivity contribution in [2.24, 2.45) is 5.10 Å². The van der Waals surface area contributed by atoms with Gasteiger partial charge in [-0.2, -0.15) is 5.10 Å². The van der Waals surface area contributed by atoms with Crippen LogP contribution in [0.4, 0.5) is 0 Å². The molecular weight excluding hydrogens is 210 g/mol. The summed E-state index contributed by atoms with van der Waals surface area (Å²) in [5, 5.41) is 16.4. The van der Waals surface area contributed by atoms with Crippen LogP contribution in [-0.2, 0) is 0 Å². The van der Waals surface area contributed by atoms with Crippen molar-refractivity contribution in [1.82, 2.24) is 10.7 Å². The first-order valence-corrected chi connectivity index (χ1v) is 4.99. The average molecular weight is 223 g/mol. The molecule has 0 bridgehead atoms. The Morgan fingerprint density at radius 2 is 2.13 bits per heavy atom. The molecular formula is C10H13N3OS. The van der Waals surface area contributed by atoms with E-state index in [1.54, 1.807) is 30.5 Å². The van der Waals surface area contributed by atoms with E-state index >= 15 is 0 Å². The topological polar surface area (TPSA) is 56.7 Å². The summed E-state index contributed by atoms with van der Waals surface area (Å²) >= 11 is 4.91. The first-order valence-electron chi connectivity index (χ1n) is 4.58. The van der Waals surface area contributed by atoms with Gasteiger partial charge in [0.05, 0.1) is 6.21 Å². The molecule has 1 aromatic carbocycles. The Hall–Kier alpha value is -1.62. The fourth-order valence-corrected chi connectivity index (χ4v) is 1.12. The first-order chi connectivity index (χ1) is 7.22. The molecule has 0 saturated carbocycles. The van der Waals surface area contributed by atoms with Crippen LogP contribution in [-0.4, -0.2) is 23.0 Å². The number of aromatic hydroxyl groups is 1. The number of phenols is 1. The highest BCUT2D eigenvalue weighted by atomic mass is 32.1. The van der Waals surface area contributed by atoms with Crippen molar-refractivity contribution in [2.45, 2.75) is 6.92 Å². The van der Waals surface area contributed by atoms with E-state index in [9.17, 15) is 0 Å². The number of hydrogen-bond acceptors (Lipinski definition) is 3. The molecule has 3 N–H and O–H groups in total. The van der Waals surface area contributed by atoms with Crippen LogP contribution in [0.15, 0.2) is 29.4 Å². The minimum Gasteiger partial charge on any atom is -0.508 e. The molecule has 5 heteroatoms. The maximum absolute atomic E-state index is 9.05. The van der Waals surface area contributed by atoms with E-state index in [2.05, 4.69) is 15.8 Å². The van der Waals surface area contributed by atoms with Crippen molar-refractivity contribution >= 4 is 23.5 Å². The molecule has 0 unspecified atom stereocenters. The number of nitrogens with zero attached hydrogens (tertiary/aromatic N) is 1. The predicted octanol–water partition coefficient (Wildman–Crippen LogP) is 1.21. The number of thiocarbonyl (C=S) groups is 1. The summed E-state index contributed by atoms with van der Waals surface area (Å²) in [5.41, 5.74) is 3.56. The lowest BCUT2D eigenvalue weighted by atomic mass is 10.2. The molecule has 1 rings (SSSR count). The lowest BCUT2D eigenvalue weighted by Gasteiger charge is -2.02. The maximum atomic E-state index is 9.05. The van der Waals surface area contributed by atoms with Gasteiger partial charge < -0.3 is 10.4 Å². The van der Waals surface area contributed by atoms with Gasteiger partial charge in [-0.15, -0.1) is 0 Å². The van der Waals surface area contributed by atoms with E-state index < -0.39 is 0 Å². The molecule has 0 fully saturated rings. The maximum Gasteiger partial charge on any atom is 0.186 e. The van der Waals surface area contributed by atoms with Gasteiger partial charge in [0.1, 0.15) is 5.75 Å². The van der Waals surface area contributed by atoms with Crippen molar-refractivity contribution in [3.05, 3.63) is 29.8 Å². The summed E-state index contributed by atoms with van der Waals surface area (Å²) in [6.45, 7) is 2.72. The molecule has 0 amide bonds. The molecule has 0 saturated heterocycles. The predicted molar refractivity (Wildman–Crippen MR) is 65.1 cm³/mol. The number of hydrogen-bond donors (Lipinski definition) is 3. The van der Waals surface area contributed by atoms with Crippen LogP contribution in [0, 0.1) is 0 Å². The highest BCUT2D eigenvalue weighted by molar-refractivity contribution is 7.80. The number of nitrogens with one attached hydrogen (secondary N) is 2. The number of benzene rings is 1. The zero-order valence-electron chi connectivity index (χ0n) is 8.40. The fraction of sp³-hybridized carbons (Fsp3) is 0.200. The average Bonchev–Trinajstić information content (AvgIpc) is 2.21. The minimum atomic E-state index is 0.239. The molecule has 4 nitrogen and oxygen atoms in total. The van der Waals surface area contributed by atoms with Crippen LogP contribution in [0.2, 0.25) is 0 Å². The van der Waals surface area contributed by atoms with Crippen molar-refractivity contribution in [3.8, 4) is 5.75 Å². The second-order valence-electron chi connectivity index (χ2n) is 2.82. The van der Waals surface area contributed by atoms with E-state index in [-0.39, 0.29) is 5.75 Å². The third-order valence-corrected chi connectivity index (χ3v) is 1.85. The van der Waals surface area contributed by atoms with Gasteiger partial charge in [0.15, 0.2) is 5.11 Å². The fourth-order valence-electron chi connectivity index (χ4n) is 0.926. The smallest absolute Gasteiger partial charge is 0.186 e. The minimum absolute atomic E-state index is 0.239. The van der Waals surface area contributed by atoms with Crippen molar-refractivity contribution in [2.75, 3.05) is 6.54 Å². The molecule has 15 heavy (non-hydrogen) atoms. The molecule has 0 spiro atoms. The lowest BCUT2D eigenvalue weighted by molar-refractivity contribution is 0.475. The lowest BCUT2D eigenvalue weighted by Crippen LogP contribution is -2.31. The molecule has 1 aromatic rings. The van der Waals surface area contributed by atoms with Crippen LogP contribution in [0.25, 0.3) is 0 Å². The Bertz CT molecular complexity index is 348.